The Kier molecular flexibility index (Phi) is 4.65. The summed E-state index contributed by atoms with van der Waals surface area (Å²) in [5.74, 6) is 1.27. The minimum atomic E-state index is -0.0633. The summed E-state index contributed by atoms with van der Waals surface area (Å²) >= 11 is 0. The highest BCUT2D eigenvalue weighted by molar-refractivity contribution is 5.78. The zero-order valence-corrected chi connectivity index (χ0v) is 13.7. The fourth-order valence-electron chi connectivity index (χ4n) is 2.78. The Labute approximate surface area is 137 Å². The average Bonchev–Trinajstić information content (AvgIpc) is 3.39. The highest BCUT2D eigenvalue weighted by atomic mass is 16.5. The second-order valence-electron chi connectivity index (χ2n) is 6.35. The molecule has 1 aliphatic carbocycles. The molecule has 2 aromatic rings. The van der Waals surface area contributed by atoms with Crippen LogP contribution in [0.5, 0.6) is 5.75 Å². The van der Waals surface area contributed by atoms with Crippen molar-refractivity contribution < 1.29 is 9.53 Å². The largest absolute Gasteiger partial charge is 0.483 e. The number of hydrogen-bond acceptors (Lipinski definition) is 2. The Morgan fingerprint density at radius 3 is 2.61 bits per heavy atom. The zero-order chi connectivity index (χ0) is 16.2. The first-order valence-electron chi connectivity index (χ1n) is 8.18. The molecule has 1 atom stereocenters. The molecule has 3 rings (SSSR count). The van der Waals surface area contributed by atoms with Gasteiger partial charge in [0.1, 0.15) is 5.75 Å². The summed E-state index contributed by atoms with van der Waals surface area (Å²) in [6.07, 6.45) is 2.36. The van der Waals surface area contributed by atoms with Gasteiger partial charge in [0.2, 0.25) is 0 Å². The highest BCUT2D eigenvalue weighted by Crippen LogP contribution is 2.40. The number of aryl methyl sites for hydroxylation is 2. The number of benzene rings is 2. The molecule has 0 saturated heterocycles. The van der Waals surface area contributed by atoms with E-state index < -0.39 is 0 Å². The lowest BCUT2D eigenvalue weighted by Gasteiger charge is -2.19. The molecule has 1 saturated carbocycles. The van der Waals surface area contributed by atoms with E-state index in [9.17, 15) is 4.79 Å². The first-order valence-corrected chi connectivity index (χ1v) is 8.18. The Bertz CT molecular complexity index is 677. The van der Waals surface area contributed by atoms with Gasteiger partial charge in [-0.25, -0.2) is 0 Å². The van der Waals surface area contributed by atoms with Crippen LogP contribution in [0.1, 0.15) is 35.6 Å². The number of nitrogens with one attached hydrogen (secondary N) is 1. The van der Waals surface area contributed by atoms with Crippen LogP contribution in [-0.2, 0) is 4.79 Å². The summed E-state index contributed by atoms with van der Waals surface area (Å²) in [7, 11) is 0. The molecule has 1 unspecified atom stereocenters. The summed E-state index contributed by atoms with van der Waals surface area (Å²) in [6.45, 7) is 4.06. The lowest BCUT2D eigenvalue weighted by molar-refractivity contribution is -0.124. The topological polar surface area (TPSA) is 38.3 Å². The number of ether oxygens (including phenoxy) is 1. The fourth-order valence-corrected chi connectivity index (χ4v) is 2.78. The van der Waals surface area contributed by atoms with Gasteiger partial charge in [0.15, 0.2) is 6.61 Å². The van der Waals surface area contributed by atoms with E-state index in [1.165, 1.54) is 18.4 Å². The number of carbonyl (C=O) groups is 1. The quantitative estimate of drug-likeness (QED) is 0.877. The van der Waals surface area contributed by atoms with Crippen molar-refractivity contribution in [1.29, 1.82) is 0 Å². The summed E-state index contributed by atoms with van der Waals surface area (Å²) < 4.78 is 5.70. The minimum absolute atomic E-state index is 0.0559. The third kappa shape index (κ3) is 4.13. The van der Waals surface area contributed by atoms with E-state index in [2.05, 4.69) is 17.4 Å². The molecule has 0 aromatic heterocycles. The molecule has 0 spiro atoms. The predicted octanol–water partition coefficient (Wildman–Crippen LogP) is 3.95. The lowest BCUT2D eigenvalue weighted by atomic mass is 10.0. The van der Waals surface area contributed by atoms with Crippen LogP contribution in [0.3, 0.4) is 0 Å². The summed E-state index contributed by atoms with van der Waals surface area (Å²) in [5, 5.41) is 3.14. The molecule has 1 amide bonds. The van der Waals surface area contributed by atoms with Crippen LogP contribution in [-0.4, -0.2) is 12.5 Å². The minimum Gasteiger partial charge on any atom is -0.483 e. The molecule has 1 fully saturated rings. The van der Waals surface area contributed by atoms with Crippen LogP contribution in [0.15, 0.2) is 48.5 Å². The average molecular weight is 309 g/mol. The van der Waals surface area contributed by atoms with Gasteiger partial charge in [-0.15, -0.1) is 0 Å². The lowest BCUT2D eigenvalue weighted by Crippen LogP contribution is -2.33. The van der Waals surface area contributed by atoms with E-state index in [0.29, 0.717) is 5.92 Å². The van der Waals surface area contributed by atoms with Crippen molar-refractivity contribution >= 4 is 5.91 Å². The van der Waals surface area contributed by atoms with Crippen LogP contribution < -0.4 is 10.1 Å². The monoisotopic (exact) mass is 309 g/mol. The van der Waals surface area contributed by atoms with E-state index >= 15 is 0 Å². The van der Waals surface area contributed by atoms with Crippen molar-refractivity contribution in [3.63, 3.8) is 0 Å². The molecule has 120 valence electrons. The van der Waals surface area contributed by atoms with Gasteiger partial charge in [0.25, 0.3) is 5.91 Å². The molecule has 1 N–H and O–H groups in total. The van der Waals surface area contributed by atoms with E-state index in [1.54, 1.807) is 0 Å². The number of rotatable bonds is 6. The number of carbonyl (C=O) groups excluding carboxylic acids is 1. The van der Waals surface area contributed by atoms with Crippen LogP contribution >= 0.6 is 0 Å². The first-order chi connectivity index (χ1) is 11.1. The van der Waals surface area contributed by atoms with E-state index in [4.69, 9.17) is 4.74 Å². The molecule has 0 aliphatic heterocycles. The molecule has 2 aromatic carbocycles. The zero-order valence-electron chi connectivity index (χ0n) is 13.7. The molecular weight excluding hydrogens is 286 g/mol. The normalized spacial score (nSPS) is 15.0. The SMILES string of the molecule is Cc1ccc(C)c(OCC(=O)NC(c2ccccc2)C2CC2)c1. The smallest absolute Gasteiger partial charge is 0.258 e. The molecule has 3 heteroatoms. The maximum absolute atomic E-state index is 12.3. The second kappa shape index (κ2) is 6.86. The third-order valence-electron chi connectivity index (χ3n) is 4.27. The van der Waals surface area contributed by atoms with Crippen molar-refractivity contribution in [3.8, 4) is 5.75 Å². The van der Waals surface area contributed by atoms with Gasteiger partial charge in [-0.1, -0.05) is 42.5 Å². The Morgan fingerprint density at radius 2 is 1.91 bits per heavy atom. The summed E-state index contributed by atoms with van der Waals surface area (Å²) in [6, 6.07) is 16.3. The van der Waals surface area contributed by atoms with E-state index in [1.807, 2.05) is 50.2 Å². The maximum atomic E-state index is 12.3. The van der Waals surface area contributed by atoms with Crippen molar-refractivity contribution in [2.75, 3.05) is 6.61 Å². The molecule has 0 bridgehead atoms. The van der Waals surface area contributed by atoms with Crippen molar-refractivity contribution in [2.24, 2.45) is 5.92 Å². The summed E-state index contributed by atoms with van der Waals surface area (Å²) in [5.41, 5.74) is 3.35. The van der Waals surface area contributed by atoms with Gasteiger partial charge in [-0.05, 0) is 55.4 Å². The van der Waals surface area contributed by atoms with Gasteiger partial charge in [0.05, 0.1) is 6.04 Å². The second-order valence-corrected chi connectivity index (χ2v) is 6.35. The Hall–Kier alpha value is -2.29. The highest BCUT2D eigenvalue weighted by Gasteiger charge is 2.33. The number of hydrogen-bond donors (Lipinski definition) is 1. The van der Waals surface area contributed by atoms with E-state index in [-0.39, 0.29) is 18.6 Å². The molecule has 0 radical (unpaired) electrons. The van der Waals surface area contributed by atoms with Crippen molar-refractivity contribution in [3.05, 3.63) is 65.2 Å². The molecule has 1 aliphatic rings. The fraction of sp³-hybridized carbons (Fsp3) is 0.350. The van der Waals surface area contributed by atoms with Crippen LogP contribution in [0.25, 0.3) is 0 Å². The van der Waals surface area contributed by atoms with Gasteiger partial charge in [-0.3, -0.25) is 4.79 Å². The standard InChI is InChI=1S/C20H23NO2/c1-14-8-9-15(2)18(12-14)23-13-19(22)21-20(17-10-11-17)16-6-4-3-5-7-16/h3-9,12,17,20H,10-11,13H2,1-2H3,(H,21,22). The third-order valence-corrected chi connectivity index (χ3v) is 4.27. The maximum Gasteiger partial charge on any atom is 0.258 e. The van der Waals surface area contributed by atoms with Gasteiger partial charge < -0.3 is 10.1 Å². The first kappa shape index (κ1) is 15.6. The molecule has 23 heavy (non-hydrogen) atoms. The van der Waals surface area contributed by atoms with Gasteiger partial charge in [0, 0.05) is 0 Å². The van der Waals surface area contributed by atoms with Crippen molar-refractivity contribution in [1.82, 2.24) is 5.32 Å². The van der Waals surface area contributed by atoms with Crippen molar-refractivity contribution in [2.45, 2.75) is 32.7 Å². The van der Waals surface area contributed by atoms with Gasteiger partial charge >= 0.3 is 0 Å². The van der Waals surface area contributed by atoms with Crippen LogP contribution in [0.4, 0.5) is 0 Å². The molecule has 3 nitrogen and oxygen atoms in total. The van der Waals surface area contributed by atoms with Crippen LogP contribution in [0.2, 0.25) is 0 Å². The summed E-state index contributed by atoms with van der Waals surface area (Å²) in [4.78, 5) is 12.3. The molecular formula is C20H23NO2. The molecule has 0 heterocycles. The number of amides is 1. The van der Waals surface area contributed by atoms with Crippen LogP contribution in [0, 0.1) is 19.8 Å². The Morgan fingerprint density at radius 1 is 1.17 bits per heavy atom. The predicted molar refractivity (Wildman–Crippen MR) is 91.5 cm³/mol. The van der Waals surface area contributed by atoms with E-state index in [0.717, 1.165) is 16.9 Å². The Balaban J connectivity index is 1.61. The van der Waals surface area contributed by atoms with Gasteiger partial charge in [-0.2, -0.15) is 0 Å².